The maximum atomic E-state index is 11.9. The molecule has 0 atom stereocenters. The first-order valence-corrected chi connectivity index (χ1v) is 7.85. The first-order valence-electron chi connectivity index (χ1n) is 7.85. The summed E-state index contributed by atoms with van der Waals surface area (Å²) in [7, 11) is 0. The van der Waals surface area contributed by atoms with Crippen LogP contribution in [0.4, 0.5) is 5.69 Å². The predicted molar refractivity (Wildman–Crippen MR) is 93.3 cm³/mol. The van der Waals surface area contributed by atoms with Crippen molar-refractivity contribution in [2.24, 2.45) is 0 Å². The summed E-state index contributed by atoms with van der Waals surface area (Å²) in [6, 6.07) is 13.1. The van der Waals surface area contributed by atoms with Gasteiger partial charge in [0.25, 0.3) is 5.56 Å². The average molecular weight is 333 g/mol. The van der Waals surface area contributed by atoms with Crippen molar-refractivity contribution in [3.05, 3.63) is 70.8 Å². The van der Waals surface area contributed by atoms with Crippen LogP contribution in [0.25, 0.3) is 17.0 Å². The number of tetrazole rings is 1. The van der Waals surface area contributed by atoms with Gasteiger partial charge in [0.15, 0.2) is 0 Å². The zero-order valence-corrected chi connectivity index (χ0v) is 13.3. The molecule has 124 valence electrons. The van der Waals surface area contributed by atoms with E-state index in [1.165, 1.54) is 6.07 Å². The van der Waals surface area contributed by atoms with Crippen molar-refractivity contribution in [3.8, 4) is 11.4 Å². The summed E-state index contributed by atoms with van der Waals surface area (Å²) >= 11 is 0. The van der Waals surface area contributed by atoms with Crippen molar-refractivity contribution in [1.82, 2.24) is 30.0 Å². The van der Waals surface area contributed by atoms with E-state index in [-0.39, 0.29) is 5.56 Å². The number of anilines is 1. The van der Waals surface area contributed by atoms with Crippen molar-refractivity contribution in [2.75, 3.05) is 11.9 Å². The first kappa shape index (κ1) is 15.0. The van der Waals surface area contributed by atoms with Crippen LogP contribution in [0.2, 0.25) is 0 Å². The smallest absolute Gasteiger partial charge is 0.257 e. The van der Waals surface area contributed by atoms with Gasteiger partial charge in [-0.15, -0.1) is 10.2 Å². The highest BCUT2D eigenvalue weighted by molar-refractivity contribution is 5.72. The minimum absolute atomic E-state index is 0.0812. The molecule has 25 heavy (non-hydrogen) atoms. The van der Waals surface area contributed by atoms with Crippen molar-refractivity contribution >= 4 is 11.3 Å². The third-order valence-electron chi connectivity index (χ3n) is 3.92. The summed E-state index contributed by atoms with van der Waals surface area (Å²) < 4.78 is 1.56. The highest BCUT2D eigenvalue weighted by Crippen LogP contribution is 2.23. The number of hydrogen-bond donors (Lipinski definition) is 2. The van der Waals surface area contributed by atoms with Crippen molar-refractivity contribution in [1.29, 1.82) is 0 Å². The summed E-state index contributed by atoms with van der Waals surface area (Å²) in [6.45, 7) is 0.680. The molecule has 4 rings (SSSR count). The third kappa shape index (κ3) is 2.97. The maximum Gasteiger partial charge on any atom is 0.257 e. The lowest BCUT2D eigenvalue weighted by atomic mass is 10.1. The number of nitrogens with zero attached hydrogens (tertiary/aromatic N) is 5. The average Bonchev–Trinajstić information content (AvgIpc) is 3.17. The molecule has 0 bridgehead atoms. The van der Waals surface area contributed by atoms with Gasteiger partial charge >= 0.3 is 0 Å². The number of pyridine rings is 1. The van der Waals surface area contributed by atoms with Gasteiger partial charge in [0.05, 0.1) is 0 Å². The van der Waals surface area contributed by atoms with Crippen LogP contribution in [-0.4, -0.2) is 36.6 Å². The number of aromatic amines is 1. The molecule has 0 radical (unpaired) electrons. The zero-order chi connectivity index (χ0) is 17.1. The van der Waals surface area contributed by atoms with Crippen LogP contribution >= 0.6 is 0 Å². The number of hydrogen-bond acceptors (Lipinski definition) is 6. The molecule has 2 N–H and O–H groups in total. The van der Waals surface area contributed by atoms with Gasteiger partial charge < -0.3 is 5.32 Å². The SMILES string of the molecule is O=c1ccnc2c(CCNc3ccccc3-c3nn[nH]n3)cccn12. The monoisotopic (exact) mass is 333 g/mol. The van der Waals surface area contributed by atoms with E-state index in [0.29, 0.717) is 18.0 Å². The van der Waals surface area contributed by atoms with Crippen LogP contribution in [0.5, 0.6) is 0 Å². The quantitative estimate of drug-likeness (QED) is 0.574. The standard InChI is InChI=1S/C17H15N7O/c25-15-8-10-19-17-12(4-3-11-24(15)17)7-9-18-14-6-2-1-5-13(14)16-20-22-23-21-16/h1-6,8,10-11,18H,7,9H2,(H,20,21,22,23). The highest BCUT2D eigenvalue weighted by atomic mass is 16.1. The van der Waals surface area contributed by atoms with Gasteiger partial charge in [-0.1, -0.05) is 18.2 Å². The Kier molecular flexibility index (Phi) is 3.91. The van der Waals surface area contributed by atoms with Crippen LogP contribution < -0.4 is 10.9 Å². The van der Waals surface area contributed by atoms with Crippen LogP contribution in [0.15, 0.2) is 59.7 Å². The fraction of sp³-hybridized carbons (Fsp3) is 0.118. The summed E-state index contributed by atoms with van der Waals surface area (Å²) in [5.41, 5.74) is 3.41. The normalized spacial score (nSPS) is 10.9. The fourth-order valence-corrected chi connectivity index (χ4v) is 2.76. The number of fused-ring (bicyclic) bond motifs is 1. The molecule has 4 aromatic rings. The molecule has 8 nitrogen and oxygen atoms in total. The maximum absolute atomic E-state index is 11.9. The van der Waals surface area contributed by atoms with Crippen molar-refractivity contribution in [2.45, 2.75) is 6.42 Å². The topological polar surface area (TPSA) is 101 Å². The predicted octanol–water partition coefficient (Wildman–Crippen LogP) is 1.53. The zero-order valence-electron chi connectivity index (χ0n) is 13.3. The van der Waals surface area contributed by atoms with Gasteiger partial charge in [-0.25, -0.2) is 4.98 Å². The van der Waals surface area contributed by atoms with E-state index in [2.05, 4.69) is 30.9 Å². The number of benzene rings is 1. The van der Waals surface area contributed by atoms with Gasteiger partial charge in [0, 0.05) is 36.3 Å². The molecule has 0 unspecified atom stereocenters. The Labute approximate surface area is 142 Å². The Hall–Kier alpha value is -3.55. The molecule has 0 saturated carbocycles. The Balaban J connectivity index is 1.55. The Morgan fingerprint density at radius 1 is 1.12 bits per heavy atom. The van der Waals surface area contributed by atoms with E-state index in [1.54, 1.807) is 16.8 Å². The number of rotatable bonds is 5. The van der Waals surface area contributed by atoms with Gasteiger partial charge in [0.2, 0.25) is 5.82 Å². The Bertz CT molecular complexity index is 1060. The van der Waals surface area contributed by atoms with E-state index in [9.17, 15) is 4.79 Å². The lowest BCUT2D eigenvalue weighted by Gasteiger charge is -2.11. The molecule has 3 heterocycles. The van der Waals surface area contributed by atoms with E-state index >= 15 is 0 Å². The molecule has 3 aromatic heterocycles. The molecule has 0 aliphatic rings. The second kappa shape index (κ2) is 6.52. The molecule has 0 saturated heterocycles. The largest absolute Gasteiger partial charge is 0.384 e. The van der Waals surface area contributed by atoms with E-state index in [0.717, 1.165) is 23.2 Å². The minimum Gasteiger partial charge on any atom is -0.384 e. The number of aromatic nitrogens is 6. The second-order valence-electron chi connectivity index (χ2n) is 5.47. The summed E-state index contributed by atoms with van der Waals surface area (Å²) in [6.07, 6.45) is 3.99. The summed E-state index contributed by atoms with van der Waals surface area (Å²) in [5, 5.41) is 17.5. The van der Waals surface area contributed by atoms with E-state index < -0.39 is 0 Å². The number of para-hydroxylation sites is 1. The van der Waals surface area contributed by atoms with Gasteiger partial charge in [0.1, 0.15) is 5.65 Å². The van der Waals surface area contributed by atoms with Gasteiger partial charge in [-0.3, -0.25) is 9.20 Å². The molecule has 0 spiro atoms. The van der Waals surface area contributed by atoms with Crippen LogP contribution in [0.3, 0.4) is 0 Å². The molecular weight excluding hydrogens is 318 g/mol. The lowest BCUT2D eigenvalue weighted by molar-refractivity contribution is 0.881. The van der Waals surface area contributed by atoms with Crippen LogP contribution in [0, 0.1) is 0 Å². The van der Waals surface area contributed by atoms with Gasteiger partial charge in [-0.05, 0) is 35.4 Å². The molecule has 8 heteroatoms. The summed E-state index contributed by atoms with van der Waals surface area (Å²) in [5.74, 6) is 0.543. The first-order chi connectivity index (χ1) is 12.3. The second-order valence-corrected chi connectivity index (χ2v) is 5.47. The molecule has 0 aliphatic carbocycles. The van der Waals surface area contributed by atoms with Crippen LogP contribution in [0.1, 0.15) is 5.56 Å². The highest BCUT2D eigenvalue weighted by Gasteiger charge is 2.09. The molecule has 0 fully saturated rings. The molecule has 0 aliphatic heterocycles. The third-order valence-corrected chi connectivity index (χ3v) is 3.92. The molecular formula is C17H15N7O. The fourth-order valence-electron chi connectivity index (χ4n) is 2.76. The van der Waals surface area contributed by atoms with Crippen molar-refractivity contribution < 1.29 is 0 Å². The molecule has 1 aromatic carbocycles. The van der Waals surface area contributed by atoms with E-state index in [4.69, 9.17) is 0 Å². The lowest BCUT2D eigenvalue weighted by Crippen LogP contribution is -2.15. The Morgan fingerprint density at radius 3 is 2.92 bits per heavy atom. The Morgan fingerprint density at radius 2 is 2.04 bits per heavy atom. The number of nitrogens with one attached hydrogen (secondary N) is 2. The molecule has 0 amide bonds. The summed E-state index contributed by atoms with van der Waals surface area (Å²) in [4.78, 5) is 16.2. The number of H-pyrrole nitrogens is 1. The van der Waals surface area contributed by atoms with Gasteiger partial charge in [-0.2, -0.15) is 5.21 Å². The minimum atomic E-state index is -0.0812. The van der Waals surface area contributed by atoms with E-state index in [1.807, 2.05) is 36.4 Å². The van der Waals surface area contributed by atoms with Crippen molar-refractivity contribution in [3.63, 3.8) is 0 Å². The van der Waals surface area contributed by atoms with Crippen LogP contribution in [-0.2, 0) is 6.42 Å².